The Kier molecular flexibility index (Phi) is 5.30. The van der Waals surface area contributed by atoms with Crippen molar-refractivity contribution in [3.8, 4) is 0 Å². The van der Waals surface area contributed by atoms with Crippen LogP contribution >= 0.6 is 0 Å². The van der Waals surface area contributed by atoms with Crippen LogP contribution in [-0.2, 0) is 4.79 Å². The summed E-state index contributed by atoms with van der Waals surface area (Å²) in [5, 5.41) is 11.5. The lowest BCUT2D eigenvalue weighted by atomic mass is 10.1. The lowest BCUT2D eigenvalue weighted by Crippen LogP contribution is -2.26. The number of carbonyl (C=O) groups excluding carboxylic acids is 1. The van der Waals surface area contributed by atoms with Crippen LogP contribution in [0.4, 0.5) is 0 Å². The molecular weight excluding hydrogens is 232 g/mol. The van der Waals surface area contributed by atoms with Gasteiger partial charge in [-0.2, -0.15) is 0 Å². The maximum absolute atomic E-state index is 11.8. The van der Waals surface area contributed by atoms with Gasteiger partial charge in [-0.15, -0.1) is 0 Å². The van der Waals surface area contributed by atoms with Crippen molar-refractivity contribution in [2.45, 2.75) is 26.7 Å². The second kappa shape index (κ2) is 6.74. The first-order valence-electron chi connectivity index (χ1n) is 5.95. The van der Waals surface area contributed by atoms with Crippen molar-refractivity contribution >= 4 is 11.9 Å². The second-order valence-electron chi connectivity index (χ2n) is 4.27. The maximum Gasteiger partial charge on any atom is 0.306 e. The fraction of sp³-hybridized carbons (Fsp3) is 0.462. The number of carboxylic acids is 1. The van der Waals surface area contributed by atoms with Gasteiger partial charge < -0.3 is 10.4 Å². The molecular formula is C13H18N2O3. The van der Waals surface area contributed by atoms with Gasteiger partial charge >= 0.3 is 5.97 Å². The molecule has 1 rings (SSSR count). The van der Waals surface area contributed by atoms with E-state index in [9.17, 15) is 9.59 Å². The number of rotatable bonds is 6. The number of amides is 1. The van der Waals surface area contributed by atoms with Crippen LogP contribution < -0.4 is 5.32 Å². The van der Waals surface area contributed by atoms with Crippen molar-refractivity contribution in [2.75, 3.05) is 6.54 Å². The molecule has 98 valence electrons. The molecule has 18 heavy (non-hydrogen) atoms. The third-order valence-electron chi connectivity index (χ3n) is 2.77. The largest absolute Gasteiger partial charge is 0.481 e. The Bertz CT molecular complexity index is 432. The molecule has 0 aromatic carbocycles. The third kappa shape index (κ3) is 4.16. The molecule has 1 heterocycles. The summed E-state index contributed by atoms with van der Waals surface area (Å²) in [6, 6.07) is 3.44. The van der Waals surface area contributed by atoms with E-state index in [2.05, 4.69) is 10.3 Å². The molecule has 0 aliphatic heterocycles. The van der Waals surface area contributed by atoms with Crippen molar-refractivity contribution in [2.24, 2.45) is 5.92 Å². The molecule has 0 bridgehead atoms. The van der Waals surface area contributed by atoms with Gasteiger partial charge in [-0.1, -0.05) is 6.92 Å². The molecule has 5 heteroatoms. The number of pyridine rings is 1. The van der Waals surface area contributed by atoms with Gasteiger partial charge in [-0.05, 0) is 31.9 Å². The molecule has 0 saturated heterocycles. The molecule has 0 spiro atoms. The summed E-state index contributed by atoms with van der Waals surface area (Å²) in [6.07, 6.45) is 2.85. The molecule has 0 saturated carbocycles. The normalized spacial score (nSPS) is 11.9. The molecule has 0 aliphatic carbocycles. The van der Waals surface area contributed by atoms with Crippen LogP contribution in [0.3, 0.4) is 0 Å². The molecule has 2 N–H and O–H groups in total. The van der Waals surface area contributed by atoms with E-state index in [-0.39, 0.29) is 11.8 Å². The van der Waals surface area contributed by atoms with Crippen LogP contribution in [0.2, 0.25) is 0 Å². The summed E-state index contributed by atoms with van der Waals surface area (Å²) in [5.74, 6) is -1.34. The van der Waals surface area contributed by atoms with Crippen molar-refractivity contribution < 1.29 is 14.7 Å². The van der Waals surface area contributed by atoms with E-state index < -0.39 is 5.97 Å². The highest BCUT2D eigenvalue weighted by atomic mass is 16.4. The van der Waals surface area contributed by atoms with Crippen molar-refractivity contribution in [3.63, 3.8) is 0 Å². The van der Waals surface area contributed by atoms with Gasteiger partial charge in [0, 0.05) is 18.4 Å². The number of carboxylic acid groups (broad SMARTS) is 1. The minimum atomic E-state index is -0.801. The number of aromatic nitrogens is 1. The lowest BCUT2D eigenvalue weighted by molar-refractivity contribution is -0.141. The van der Waals surface area contributed by atoms with Gasteiger partial charge in [-0.3, -0.25) is 14.6 Å². The van der Waals surface area contributed by atoms with Crippen LogP contribution in [-0.4, -0.2) is 28.5 Å². The average Bonchev–Trinajstić information content (AvgIpc) is 2.34. The number of nitrogens with zero attached hydrogens (tertiary/aromatic N) is 1. The van der Waals surface area contributed by atoms with Gasteiger partial charge in [0.2, 0.25) is 0 Å². The summed E-state index contributed by atoms with van der Waals surface area (Å²) >= 11 is 0. The molecule has 0 fully saturated rings. The zero-order valence-electron chi connectivity index (χ0n) is 10.6. The van der Waals surface area contributed by atoms with E-state index in [4.69, 9.17) is 5.11 Å². The minimum Gasteiger partial charge on any atom is -0.481 e. The smallest absolute Gasteiger partial charge is 0.306 e. The number of aryl methyl sites for hydroxylation is 1. The molecule has 5 nitrogen and oxygen atoms in total. The first kappa shape index (κ1) is 14.2. The first-order chi connectivity index (χ1) is 8.52. The molecule has 0 aliphatic rings. The van der Waals surface area contributed by atoms with Gasteiger partial charge in [0.05, 0.1) is 11.5 Å². The Balaban J connectivity index is 2.34. The van der Waals surface area contributed by atoms with Gasteiger partial charge in [0.15, 0.2) is 0 Å². The van der Waals surface area contributed by atoms with E-state index in [1.807, 2.05) is 0 Å². The highest BCUT2D eigenvalue weighted by molar-refractivity contribution is 5.95. The fourth-order valence-electron chi connectivity index (χ4n) is 1.55. The number of hydrogen-bond acceptors (Lipinski definition) is 3. The number of hydrogen-bond donors (Lipinski definition) is 2. The molecule has 1 aromatic heterocycles. The number of carbonyl (C=O) groups is 2. The summed E-state index contributed by atoms with van der Waals surface area (Å²) < 4.78 is 0. The maximum atomic E-state index is 11.8. The summed E-state index contributed by atoms with van der Waals surface area (Å²) in [5.41, 5.74) is 1.25. The predicted molar refractivity (Wildman–Crippen MR) is 67.3 cm³/mol. The van der Waals surface area contributed by atoms with Gasteiger partial charge in [0.25, 0.3) is 5.91 Å². The number of nitrogens with one attached hydrogen (secondary N) is 1. The SMILES string of the molecule is Cc1ncccc1C(=O)NCCCC(C)C(=O)O. The van der Waals surface area contributed by atoms with Crippen molar-refractivity contribution in [3.05, 3.63) is 29.6 Å². The third-order valence-corrected chi connectivity index (χ3v) is 2.77. The first-order valence-corrected chi connectivity index (χ1v) is 5.95. The molecule has 1 aromatic rings. The molecule has 1 unspecified atom stereocenters. The monoisotopic (exact) mass is 250 g/mol. The van der Waals surface area contributed by atoms with E-state index >= 15 is 0 Å². The Labute approximate surface area is 106 Å². The van der Waals surface area contributed by atoms with E-state index in [1.165, 1.54) is 0 Å². The Morgan fingerprint density at radius 3 is 2.83 bits per heavy atom. The van der Waals surface area contributed by atoms with Crippen molar-refractivity contribution in [1.82, 2.24) is 10.3 Å². The summed E-state index contributed by atoms with van der Waals surface area (Å²) in [6.45, 7) is 3.92. The van der Waals surface area contributed by atoms with Crippen LogP contribution in [0, 0.1) is 12.8 Å². The number of aliphatic carboxylic acids is 1. The molecule has 1 atom stereocenters. The predicted octanol–water partition coefficient (Wildman–Crippen LogP) is 1.62. The van der Waals surface area contributed by atoms with E-state index in [0.717, 1.165) is 0 Å². The Hall–Kier alpha value is -1.91. The van der Waals surface area contributed by atoms with Crippen LogP contribution in [0.15, 0.2) is 18.3 Å². The Morgan fingerprint density at radius 1 is 1.50 bits per heavy atom. The summed E-state index contributed by atoms with van der Waals surface area (Å²) in [7, 11) is 0. The van der Waals surface area contributed by atoms with Crippen LogP contribution in [0.25, 0.3) is 0 Å². The molecule has 0 radical (unpaired) electrons. The van der Waals surface area contributed by atoms with Crippen LogP contribution in [0.1, 0.15) is 35.8 Å². The lowest BCUT2D eigenvalue weighted by Gasteiger charge is -2.08. The standard InChI is InChI=1S/C13H18N2O3/c1-9(13(17)18)5-3-8-15-12(16)11-6-4-7-14-10(11)2/h4,6-7,9H,3,5,8H2,1-2H3,(H,15,16)(H,17,18). The van der Waals surface area contributed by atoms with Crippen LogP contribution in [0.5, 0.6) is 0 Å². The van der Waals surface area contributed by atoms with E-state index in [0.29, 0.717) is 30.6 Å². The van der Waals surface area contributed by atoms with Gasteiger partial charge in [0.1, 0.15) is 0 Å². The fourth-order valence-corrected chi connectivity index (χ4v) is 1.55. The minimum absolute atomic E-state index is 0.163. The van der Waals surface area contributed by atoms with E-state index in [1.54, 1.807) is 32.2 Å². The van der Waals surface area contributed by atoms with Crippen molar-refractivity contribution in [1.29, 1.82) is 0 Å². The zero-order valence-corrected chi connectivity index (χ0v) is 10.6. The Morgan fingerprint density at radius 2 is 2.22 bits per heavy atom. The quantitative estimate of drug-likeness (QED) is 0.752. The topological polar surface area (TPSA) is 79.3 Å². The molecule has 1 amide bonds. The highest BCUT2D eigenvalue weighted by Crippen LogP contribution is 2.06. The highest BCUT2D eigenvalue weighted by Gasteiger charge is 2.11. The second-order valence-corrected chi connectivity index (χ2v) is 4.27. The average molecular weight is 250 g/mol. The van der Waals surface area contributed by atoms with Gasteiger partial charge in [-0.25, -0.2) is 0 Å². The summed E-state index contributed by atoms with van der Waals surface area (Å²) in [4.78, 5) is 26.4. The zero-order chi connectivity index (χ0) is 13.5.